The third-order valence-corrected chi connectivity index (χ3v) is 4.09. The number of carbonyl (C=O) groups excluding carboxylic acids is 1. The van der Waals surface area contributed by atoms with E-state index in [0.29, 0.717) is 11.1 Å². The summed E-state index contributed by atoms with van der Waals surface area (Å²) in [7, 11) is 4.03. The van der Waals surface area contributed by atoms with Crippen LogP contribution in [-0.2, 0) is 0 Å². The molecule has 2 heteroatoms. The smallest absolute Gasteiger partial charge is 0.193 e. The second-order valence-corrected chi connectivity index (χ2v) is 6.11. The highest BCUT2D eigenvalue weighted by Gasteiger charge is 2.14. The van der Waals surface area contributed by atoms with Crippen LogP contribution >= 0.6 is 0 Å². The molecule has 0 N–H and O–H groups in total. The summed E-state index contributed by atoms with van der Waals surface area (Å²) in [6.45, 7) is 0. The monoisotopic (exact) mass is 327 g/mol. The van der Waals surface area contributed by atoms with E-state index in [1.54, 1.807) is 0 Å². The van der Waals surface area contributed by atoms with Gasteiger partial charge in [-0.05, 0) is 29.3 Å². The molecule has 0 saturated heterocycles. The first-order chi connectivity index (χ1) is 12.1. The minimum atomic E-state index is 0.0310. The lowest BCUT2D eigenvalue weighted by Gasteiger charge is -2.12. The molecule has 25 heavy (non-hydrogen) atoms. The van der Waals surface area contributed by atoms with Crippen LogP contribution in [0.2, 0.25) is 0 Å². The number of Topliss-reactive ketones (excluding diaryl/α,β-unsaturated/α-hetero) is 1. The van der Waals surface area contributed by atoms with Gasteiger partial charge < -0.3 is 4.90 Å². The lowest BCUT2D eigenvalue weighted by atomic mass is 9.95. The number of benzene rings is 3. The first-order valence-corrected chi connectivity index (χ1v) is 8.29. The first-order valence-electron chi connectivity index (χ1n) is 8.29. The van der Waals surface area contributed by atoms with Crippen LogP contribution in [0.4, 0.5) is 5.69 Å². The zero-order valence-corrected chi connectivity index (χ0v) is 14.5. The largest absolute Gasteiger partial charge is 0.378 e. The van der Waals surface area contributed by atoms with E-state index in [1.165, 1.54) is 0 Å². The maximum atomic E-state index is 13.0. The van der Waals surface area contributed by atoms with Crippen molar-refractivity contribution in [3.63, 3.8) is 0 Å². The standard InChI is InChI=1S/C23H21NO/c1-24(2)21-15-13-18(14-16-21)17-22(19-9-5-3-6-10-19)23(25)20-11-7-4-8-12-20/h3-17H,1-2H3/b22-17+. The molecule has 0 aliphatic heterocycles. The highest BCUT2D eigenvalue weighted by molar-refractivity contribution is 6.32. The number of hydrogen-bond acceptors (Lipinski definition) is 2. The van der Waals surface area contributed by atoms with Crippen molar-refractivity contribution in [1.29, 1.82) is 0 Å². The van der Waals surface area contributed by atoms with Crippen LogP contribution < -0.4 is 4.90 Å². The number of ketones is 1. The molecule has 124 valence electrons. The minimum absolute atomic E-state index is 0.0310. The molecule has 0 aliphatic carbocycles. The van der Waals surface area contributed by atoms with E-state index in [1.807, 2.05) is 93.0 Å². The number of rotatable bonds is 5. The van der Waals surface area contributed by atoms with Crippen LogP contribution in [0.1, 0.15) is 21.5 Å². The molecule has 3 rings (SSSR count). The van der Waals surface area contributed by atoms with E-state index >= 15 is 0 Å². The van der Waals surface area contributed by atoms with Crippen LogP contribution in [0.5, 0.6) is 0 Å². The summed E-state index contributed by atoms with van der Waals surface area (Å²) in [5.41, 5.74) is 4.46. The molecule has 2 nitrogen and oxygen atoms in total. The number of allylic oxidation sites excluding steroid dienone is 1. The van der Waals surface area contributed by atoms with Gasteiger partial charge in [0.25, 0.3) is 0 Å². The highest BCUT2D eigenvalue weighted by Crippen LogP contribution is 2.24. The molecule has 0 spiro atoms. The van der Waals surface area contributed by atoms with Crippen LogP contribution in [0.15, 0.2) is 84.9 Å². The molecule has 0 aliphatic rings. The molecule has 0 amide bonds. The fourth-order valence-corrected chi connectivity index (χ4v) is 2.68. The molecular formula is C23H21NO. The summed E-state index contributed by atoms with van der Waals surface area (Å²) in [4.78, 5) is 15.1. The fourth-order valence-electron chi connectivity index (χ4n) is 2.68. The first kappa shape index (κ1) is 16.7. The summed E-state index contributed by atoms with van der Waals surface area (Å²) in [5.74, 6) is 0.0310. The molecule has 0 atom stereocenters. The molecule has 3 aromatic carbocycles. The number of anilines is 1. The van der Waals surface area contributed by atoms with Crippen LogP contribution in [-0.4, -0.2) is 19.9 Å². The summed E-state index contributed by atoms with van der Waals surface area (Å²) < 4.78 is 0. The third kappa shape index (κ3) is 4.04. The quantitative estimate of drug-likeness (QED) is 0.366. The number of nitrogens with zero attached hydrogens (tertiary/aromatic N) is 1. The molecule has 0 heterocycles. The Labute approximate surface area is 149 Å². The Hall–Kier alpha value is -3.13. The molecule has 0 aromatic heterocycles. The Morgan fingerprint density at radius 2 is 1.24 bits per heavy atom. The summed E-state index contributed by atoms with van der Waals surface area (Å²) >= 11 is 0. The fraction of sp³-hybridized carbons (Fsp3) is 0.0870. The van der Waals surface area contributed by atoms with Gasteiger partial charge in [0.2, 0.25) is 0 Å². The van der Waals surface area contributed by atoms with Gasteiger partial charge in [-0.25, -0.2) is 0 Å². The zero-order chi connectivity index (χ0) is 17.6. The second kappa shape index (κ2) is 7.63. The highest BCUT2D eigenvalue weighted by atomic mass is 16.1. The van der Waals surface area contributed by atoms with E-state index in [9.17, 15) is 4.79 Å². The van der Waals surface area contributed by atoms with Gasteiger partial charge in [-0.15, -0.1) is 0 Å². The van der Waals surface area contributed by atoms with Gasteiger partial charge in [-0.1, -0.05) is 72.8 Å². The maximum absolute atomic E-state index is 13.0. The normalized spacial score (nSPS) is 11.2. The lowest BCUT2D eigenvalue weighted by Crippen LogP contribution is -2.08. The average Bonchev–Trinajstić information content (AvgIpc) is 2.67. The molecule has 3 aromatic rings. The third-order valence-electron chi connectivity index (χ3n) is 4.09. The maximum Gasteiger partial charge on any atom is 0.193 e. The number of carbonyl (C=O) groups is 1. The molecule has 0 unspecified atom stereocenters. The van der Waals surface area contributed by atoms with Gasteiger partial charge in [0.1, 0.15) is 0 Å². The van der Waals surface area contributed by atoms with Gasteiger partial charge in [-0.3, -0.25) is 4.79 Å². The van der Waals surface area contributed by atoms with Crippen LogP contribution in [0.25, 0.3) is 11.6 Å². The zero-order valence-electron chi connectivity index (χ0n) is 14.5. The Morgan fingerprint density at radius 3 is 1.76 bits per heavy atom. The van der Waals surface area contributed by atoms with Crippen molar-refractivity contribution in [3.05, 3.63) is 102 Å². The summed E-state index contributed by atoms with van der Waals surface area (Å²) in [6, 6.07) is 27.4. The predicted octanol–water partition coefficient (Wildman–Crippen LogP) is 5.18. The Balaban J connectivity index is 2.03. The molecule has 0 fully saturated rings. The van der Waals surface area contributed by atoms with Crippen molar-refractivity contribution in [1.82, 2.24) is 0 Å². The van der Waals surface area contributed by atoms with Crippen LogP contribution in [0, 0.1) is 0 Å². The molecule has 0 saturated carbocycles. The molecule has 0 radical (unpaired) electrons. The predicted molar refractivity (Wildman–Crippen MR) is 106 cm³/mol. The SMILES string of the molecule is CN(C)c1ccc(/C=C(/C(=O)c2ccccc2)c2ccccc2)cc1. The van der Waals surface area contributed by atoms with Crippen molar-refractivity contribution in [2.24, 2.45) is 0 Å². The Kier molecular flexibility index (Phi) is 5.10. The van der Waals surface area contributed by atoms with Gasteiger partial charge in [0, 0.05) is 30.9 Å². The van der Waals surface area contributed by atoms with Gasteiger partial charge in [-0.2, -0.15) is 0 Å². The van der Waals surface area contributed by atoms with Crippen molar-refractivity contribution < 1.29 is 4.79 Å². The minimum Gasteiger partial charge on any atom is -0.378 e. The Morgan fingerprint density at radius 1 is 0.720 bits per heavy atom. The van der Waals surface area contributed by atoms with Gasteiger partial charge in [0.05, 0.1) is 0 Å². The van der Waals surface area contributed by atoms with Crippen LogP contribution in [0.3, 0.4) is 0 Å². The summed E-state index contributed by atoms with van der Waals surface area (Å²) in [6.07, 6.45) is 1.96. The Bertz CT molecular complexity index is 863. The van der Waals surface area contributed by atoms with Gasteiger partial charge in [0.15, 0.2) is 5.78 Å². The van der Waals surface area contributed by atoms with E-state index in [2.05, 4.69) is 17.0 Å². The van der Waals surface area contributed by atoms with Crippen molar-refractivity contribution in [2.75, 3.05) is 19.0 Å². The molecular weight excluding hydrogens is 306 g/mol. The second-order valence-electron chi connectivity index (χ2n) is 6.11. The van der Waals surface area contributed by atoms with E-state index in [0.717, 1.165) is 16.8 Å². The van der Waals surface area contributed by atoms with E-state index in [-0.39, 0.29) is 5.78 Å². The summed E-state index contributed by atoms with van der Waals surface area (Å²) in [5, 5.41) is 0. The van der Waals surface area contributed by atoms with Crippen molar-refractivity contribution in [2.45, 2.75) is 0 Å². The van der Waals surface area contributed by atoms with Crippen molar-refractivity contribution in [3.8, 4) is 0 Å². The lowest BCUT2D eigenvalue weighted by molar-refractivity contribution is 0.105. The average molecular weight is 327 g/mol. The van der Waals surface area contributed by atoms with Gasteiger partial charge >= 0.3 is 0 Å². The van der Waals surface area contributed by atoms with E-state index < -0.39 is 0 Å². The topological polar surface area (TPSA) is 20.3 Å². The number of hydrogen-bond donors (Lipinski definition) is 0. The molecule has 0 bridgehead atoms. The van der Waals surface area contributed by atoms with E-state index in [4.69, 9.17) is 0 Å². The van der Waals surface area contributed by atoms with Crippen molar-refractivity contribution >= 4 is 23.1 Å².